The van der Waals surface area contributed by atoms with Crippen LogP contribution in [-0.4, -0.2) is 38.0 Å². The zero-order valence-electron chi connectivity index (χ0n) is 23.5. The third-order valence-electron chi connectivity index (χ3n) is 8.78. The minimum absolute atomic E-state index is 0.00600. The molecule has 4 heteroatoms. The van der Waals surface area contributed by atoms with Crippen LogP contribution in [0.15, 0.2) is 48.5 Å². The quantitative estimate of drug-likeness (QED) is 0.259. The van der Waals surface area contributed by atoms with Gasteiger partial charge in [-0.05, 0) is 82.2 Å². The second kappa shape index (κ2) is 10.6. The standard InChI is InChI=1S/C31H45BO3/c1-10-30(22-34-30)20-19-24-13-14-26(21-23(24)4)31(11-2,12-3)25-15-17-27(18-16-25)32-35-29(7,8)28(5,6)33-9/h13-21,32H,10-12,22H2,1-9H3/b20-19+. The molecule has 35 heavy (non-hydrogen) atoms. The molecule has 0 aliphatic carbocycles. The highest BCUT2D eigenvalue weighted by molar-refractivity contribution is 6.47. The van der Waals surface area contributed by atoms with Gasteiger partial charge in [-0.25, -0.2) is 0 Å². The molecule has 190 valence electrons. The summed E-state index contributed by atoms with van der Waals surface area (Å²) in [7, 11) is 2.30. The van der Waals surface area contributed by atoms with Crippen LogP contribution in [-0.2, 0) is 19.5 Å². The maximum atomic E-state index is 6.28. The van der Waals surface area contributed by atoms with Crippen LogP contribution in [0.3, 0.4) is 0 Å². The fourth-order valence-corrected chi connectivity index (χ4v) is 4.75. The minimum atomic E-state index is -0.396. The van der Waals surface area contributed by atoms with Gasteiger partial charge < -0.3 is 14.1 Å². The average molecular weight is 477 g/mol. The van der Waals surface area contributed by atoms with Crippen molar-refractivity contribution in [2.24, 2.45) is 0 Å². The van der Waals surface area contributed by atoms with Gasteiger partial charge in [-0.1, -0.05) is 74.8 Å². The van der Waals surface area contributed by atoms with Crippen molar-refractivity contribution < 1.29 is 14.1 Å². The smallest absolute Gasteiger partial charge is 0.309 e. The topological polar surface area (TPSA) is 31.0 Å². The number of rotatable bonds is 12. The van der Waals surface area contributed by atoms with Gasteiger partial charge in [0.25, 0.3) is 0 Å². The lowest BCUT2D eigenvalue weighted by Gasteiger charge is -2.40. The SMILES string of the molecule is CCC1(/C=C/c2ccc(C(CC)(CC)c3ccc(BOC(C)(C)C(C)(C)OC)cc3)cc2C)CO1. The van der Waals surface area contributed by atoms with Gasteiger partial charge in [0.1, 0.15) is 5.60 Å². The van der Waals surface area contributed by atoms with Gasteiger partial charge >= 0.3 is 7.48 Å². The first-order valence-corrected chi connectivity index (χ1v) is 13.2. The van der Waals surface area contributed by atoms with Crippen LogP contribution in [0.4, 0.5) is 0 Å². The van der Waals surface area contributed by atoms with Crippen molar-refractivity contribution >= 4 is 19.0 Å². The molecule has 1 fully saturated rings. The minimum Gasteiger partial charge on any atom is -0.427 e. The Labute approximate surface area is 214 Å². The third kappa shape index (κ3) is 5.76. The van der Waals surface area contributed by atoms with Crippen molar-refractivity contribution in [2.45, 2.75) is 96.9 Å². The largest absolute Gasteiger partial charge is 0.427 e. The first-order chi connectivity index (χ1) is 16.5. The summed E-state index contributed by atoms with van der Waals surface area (Å²) in [6.07, 6.45) is 7.60. The summed E-state index contributed by atoms with van der Waals surface area (Å²) in [5.41, 5.74) is 5.71. The molecule has 1 saturated heterocycles. The van der Waals surface area contributed by atoms with E-state index < -0.39 is 5.60 Å². The predicted molar refractivity (Wildman–Crippen MR) is 150 cm³/mol. The summed E-state index contributed by atoms with van der Waals surface area (Å²) in [5, 5.41) is 0. The molecule has 0 saturated carbocycles. The molecule has 1 aliphatic heterocycles. The molecule has 2 aromatic carbocycles. The van der Waals surface area contributed by atoms with Crippen LogP contribution >= 0.6 is 0 Å². The monoisotopic (exact) mass is 476 g/mol. The molecule has 0 amide bonds. The van der Waals surface area contributed by atoms with E-state index in [-0.39, 0.29) is 16.6 Å². The fraction of sp³-hybridized carbons (Fsp3) is 0.548. The molecule has 0 bridgehead atoms. The molecule has 1 heterocycles. The zero-order chi connectivity index (χ0) is 25.9. The van der Waals surface area contributed by atoms with Crippen LogP contribution in [0.25, 0.3) is 6.08 Å². The molecule has 0 N–H and O–H groups in total. The Hall–Kier alpha value is -1.88. The van der Waals surface area contributed by atoms with Gasteiger partial charge in [0.2, 0.25) is 0 Å². The Morgan fingerprint density at radius 3 is 2.03 bits per heavy atom. The summed E-state index contributed by atoms with van der Waals surface area (Å²) in [6, 6.07) is 16.0. The van der Waals surface area contributed by atoms with E-state index in [0.717, 1.165) is 25.9 Å². The van der Waals surface area contributed by atoms with Crippen molar-refractivity contribution in [3.05, 3.63) is 70.8 Å². The zero-order valence-corrected chi connectivity index (χ0v) is 23.5. The van der Waals surface area contributed by atoms with E-state index in [1.165, 1.54) is 27.7 Å². The van der Waals surface area contributed by atoms with Crippen LogP contribution < -0.4 is 5.46 Å². The molecule has 0 radical (unpaired) electrons. The van der Waals surface area contributed by atoms with E-state index in [2.05, 4.69) is 110 Å². The predicted octanol–water partition coefficient (Wildman–Crippen LogP) is 6.49. The summed E-state index contributed by atoms with van der Waals surface area (Å²) in [4.78, 5) is 0. The highest BCUT2D eigenvalue weighted by atomic mass is 16.6. The van der Waals surface area contributed by atoms with E-state index in [9.17, 15) is 0 Å². The number of methoxy groups -OCH3 is 1. The number of hydrogen-bond donors (Lipinski definition) is 0. The molecule has 3 nitrogen and oxygen atoms in total. The highest BCUT2D eigenvalue weighted by Crippen LogP contribution is 2.40. The Morgan fingerprint density at radius 1 is 0.943 bits per heavy atom. The molecular weight excluding hydrogens is 431 g/mol. The Bertz CT molecular complexity index is 1010. The van der Waals surface area contributed by atoms with Gasteiger partial charge in [-0.2, -0.15) is 0 Å². The van der Waals surface area contributed by atoms with Gasteiger partial charge in [0.15, 0.2) is 0 Å². The van der Waals surface area contributed by atoms with Crippen LogP contribution in [0.2, 0.25) is 0 Å². The Morgan fingerprint density at radius 2 is 1.54 bits per heavy atom. The van der Waals surface area contributed by atoms with E-state index in [4.69, 9.17) is 14.1 Å². The lowest BCUT2D eigenvalue weighted by Crippen LogP contribution is -2.50. The van der Waals surface area contributed by atoms with E-state index >= 15 is 0 Å². The lowest BCUT2D eigenvalue weighted by molar-refractivity contribution is -0.114. The first-order valence-electron chi connectivity index (χ1n) is 13.2. The highest BCUT2D eigenvalue weighted by Gasteiger charge is 2.40. The molecule has 0 spiro atoms. The average Bonchev–Trinajstić information content (AvgIpc) is 3.64. The number of hydrogen-bond acceptors (Lipinski definition) is 3. The van der Waals surface area contributed by atoms with Gasteiger partial charge in [-0.15, -0.1) is 0 Å². The number of benzene rings is 2. The fourth-order valence-electron chi connectivity index (χ4n) is 4.75. The maximum Gasteiger partial charge on any atom is 0.309 e. The first kappa shape index (κ1) is 27.7. The molecule has 1 atom stereocenters. The second-order valence-corrected chi connectivity index (χ2v) is 11.1. The van der Waals surface area contributed by atoms with E-state index in [0.29, 0.717) is 7.48 Å². The summed E-state index contributed by atoms with van der Waals surface area (Å²) in [5.74, 6) is 0. The number of aryl methyl sites for hydroxylation is 1. The van der Waals surface area contributed by atoms with Crippen molar-refractivity contribution in [1.29, 1.82) is 0 Å². The van der Waals surface area contributed by atoms with Crippen molar-refractivity contribution in [3.63, 3.8) is 0 Å². The Balaban J connectivity index is 1.81. The molecule has 0 aromatic heterocycles. The second-order valence-electron chi connectivity index (χ2n) is 11.1. The maximum absolute atomic E-state index is 6.28. The van der Waals surface area contributed by atoms with Crippen LogP contribution in [0.1, 0.15) is 90.0 Å². The molecule has 2 aromatic rings. The van der Waals surface area contributed by atoms with E-state index in [1.54, 1.807) is 7.11 Å². The molecule has 3 rings (SSSR count). The summed E-state index contributed by atoms with van der Waals surface area (Å²) >= 11 is 0. The Kier molecular flexibility index (Phi) is 8.41. The van der Waals surface area contributed by atoms with Gasteiger partial charge in [-0.3, -0.25) is 0 Å². The van der Waals surface area contributed by atoms with Crippen LogP contribution in [0.5, 0.6) is 0 Å². The molecular formula is C31H45BO3. The summed E-state index contributed by atoms with van der Waals surface area (Å²) in [6.45, 7) is 18.2. The molecule has 1 unspecified atom stereocenters. The third-order valence-corrected chi connectivity index (χ3v) is 8.78. The van der Waals surface area contributed by atoms with E-state index in [1.807, 2.05) is 0 Å². The van der Waals surface area contributed by atoms with Crippen molar-refractivity contribution in [1.82, 2.24) is 0 Å². The van der Waals surface area contributed by atoms with Crippen molar-refractivity contribution in [2.75, 3.05) is 13.7 Å². The number of ether oxygens (including phenoxy) is 2. The molecule has 1 aliphatic rings. The summed E-state index contributed by atoms with van der Waals surface area (Å²) < 4.78 is 17.6. The lowest BCUT2D eigenvalue weighted by atomic mass is 9.69. The van der Waals surface area contributed by atoms with Gasteiger partial charge in [0.05, 0.1) is 17.8 Å². The normalized spacial score (nSPS) is 18.8. The van der Waals surface area contributed by atoms with Crippen LogP contribution in [0, 0.1) is 6.92 Å². The van der Waals surface area contributed by atoms with Crippen molar-refractivity contribution in [3.8, 4) is 0 Å². The van der Waals surface area contributed by atoms with Gasteiger partial charge in [0, 0.05) is 12.5 Å². The number of epoxide rings is 1.